The molecular formula is C36H62O4. The van der Waals surface area contributed by atoms with Crippen LogP contribution in [-0.2, 0) is 19.0 Å². The Labute approximate surface area is 246 Å². The first-order valence-electron chi connectivity index (χ1n) is 18.1. The van der Waals surface area contributed by atoms with E-state index in [0.29, 0.717) is 12.9 Å². The van der Waals surface area contributed by atoms with Crippen LogP contribution in [0.3, 0.4) is 0 Å². The highest BCUT2D eigenvalue weighted by Crippen LogP contribution is 2.37. The summed E-state index contributed by atoms with van der Waals surface area (Å²) in [5.74, 6) is 4.03. The van der Waals surface area contributed by atoms with Gasteiger partial charge >= 0.3 is 5.97 Å². The lowest BCUT2D eigenvalue weighted by Crippen LogP contribution is -2.32. The fraction of sp³-hybridized carbons (Fsp3) is 0.972. The molecule has 0 bridgehead atoms. The third kappa shape index (κ3) is 10.3. The van der Waals surface area contributed by atoms with Crippen LogP contribution < -0.4 is 0 Å². The summed E-state index contributed by atoms with van der Waals surface area (Å²) < 4.78 is 18.3. The van der Waals surface area contributed by atoms with Gasteiger partial charge in [0.25, 0.3) is 0 Å². The van der Waals surface area contributed by atoms with Crippen LogP contribution >= 0.6 is 0 Å². The number of carbonyl (C=O) groups excluding carboxylic acids is 1. The van der Waals surface area contributed by atoms with E-state index in [1.54, 1.807) is 0 Å². The van der Waals surface area contributed by atoms with Crippen molar-refractivity contribution in [3.63, 3.8) is 0 Å². The summed E-state index contributed by atoms with van der Waals surface area (Å²) in [6.45, 7) is 0.441. The summed E-state index contributed by atoms with van der Waals surface area (Å²) in [5.41, 5.74) is 0. The van der Waals surface area contributed by atoms with Crippen molar-refractivity contribution >= 4 is 5.97 Å². The van der Waals surface area contributed by atoms with Crippen LogP contribution in [0, 0.1) is 29.6 Å². The smallest absolute Gasteiger partial charge is 0.309 e. The molecule has 4 nitrogen and oxygen atoms in total. The van der Waals surface area contributed by atoms with Crippen molar-refractivity contribution in [2.75, 3.05) is 6.79 Å². The molecule has 0 atom stereocenters. The Morgan fingerprint density at radius 3 is 1.27 bits per heavy atom. The Hall–Kier alpha value is -0.610. The molecule has 0 spiro atoms. The van der Waals surface area contributed by atoms with Gasteiger partial charge in [-0.05, 0) is 101 Å². The van der Waals surface area contributed by atoms with E-state index in [-0.39, 0.29) is 24.1 Å². The lowest BCUT2D eigenvalue weighted by atomic mass is 9.77. The number of hydrogen-bond donors (Lipinski definition) is 0. The van der Waals surface area contributed by atoms with E-state index in [1.807, 2.05) is 0 Å². The molecule has 0 aliphatic heterocycles. The van der Waals surface area contributed by atoms with E-state index >= 15 is 0 Å². The molecule has 230 valence electrons. The highest BCUT2D eigenvalue weighted by molar-refractivity contribution is 5.72. The maximum absolute atomic E-state index is 12.9. The van der Waals surface area contributed by atoms with Gasteiger partial charge in [-0.25, -0.2) is 0 Å². The molecule has 0 amide bonds. The quantitative estimate of drug-likeness (QED) is 0.177. The van der Waals surface area contributed by atoms with Gasteiger partial charge in [0.1, 0.15) is 12.9 Å². The van der Waals surface area contributed by atoms with Crippen LogP contribution in [0.25, 0.3) is 0 Å². The van der Waals surface area contributed by atoms with Gasteiger partial charge in [-0.15, -0.1) is 0 Å². The van der Waals surface area contributed by atoms with Crippen molar-refractivity contribution in [3.8, 4) is 0 Å². The normalized spacial score (nSPS) is 34.9. The summed E-state index contributed by atoms with van der Waals surface area (Å²) in [6, 6.07) is 0. The second-order valence-electron chi connectivity index (χ2n) is 14.8. The van der Waals surface area contributed by atoms with Crippen LogP contribution in [0.1, 0.15) is 167 Å². The molecule has 5 aliphatic rings. The Morgan fingerprint density at radius 1 is 0.425 bits per heavy atom. The zero-order valence-electron chi connectivity index (χ0n) is 25.8. The molecule has 4 heteroatoms. The topological polar surface area (TPSA) is 44.8 Å². The lowest BCUT2D eigenvalue weighted by molar-refractivity contribution is -0.163. The van der Waals surface area contributed by atoms with Crippen molar-refractivity contribution in [1.29, 1.82) is 0 Å². The maximum atomic E-state index is 12.9. The second-order valence-corrected chi connectivity index (χ2v) is 14.8. The summed E-state index contributed by atoms with van der Waals surface area (Å²) >= 11 is 0. The minimum Gasteiger partial charge on any atom is -0.462 e. The van der Waals surface area contributed by atoms with Gasteiger partial charge < -0.3 is 14.2 Å². The fourth-order valence-electron chi connectivity index (χ4n) is 8.98. The zero-order valence-corrected chi connectivity index (χ0v) is 25.8. The Morgan fingerprint density at radius 2 is 0.800 bits per heavy atom. The van der Waals surface area contributed by atoms with Crippen LogP contribution in [0.4, 0.5) is 0 Å². The molecule has 5 aliphatic carbocycles. The minimum absolute atomic E-state index is 0.0905. The van der Waals surface area contributed by atoms with Crippen LogP contribution in [0.15, 0.2) is 0 Å². The first-order valence-corrected chi connectivity index (χ1v) is 18.1. The lowest BCUT2D eigenvalue weighted by Gasteiger charge is -2.33. The van der Waals surface area contributed by atoms with Crippen LogP contribution in [0.5, 0.6) is 0 Å². The summed E-state index contributed by atoms with van der Waals surface area (Å²) in [4.78, 5) is 12.9. The highest BCUT2D eigenvalue weighted by Gasteiger charge is 2.31. The SMILES string of the molecule is O=C(OC1CCC(OCOC2CCC(CCC3CCCCC3)CC2)CC1)C1CCC(CCC2CCCCC2)CC1. The summed E-state index contributed by atoms with van der Waals surface area (Å²) in [7, 11) is 0. The Bertz CT molecular complexity index is 688. The van der Waals surface area contributed by atoms with Gasteiger partial charge in [0.15, 0.2) is 0 Å². The number of rotatable bonds is 12. The molecule has 5 fully saturated rings. The van der Waals surface area contributed by atoms with E-state index in [2.05, 4.69) is 0 Å². The number of carbonyl (C=O) groups is 1. The first-order chi connectivity index (χ1) is 19.7. The molecule has 0 radical (unpaired) electrons. The number of ether oxygens (including phenoxy) is 3. The molecule has 0 aromatic rings. The zero-order chi connectivity index (χ0) is 27.4. The third-order valence-electron chi connectivity index (χ3n) is 11.9. The van der Waals surface area contributed by atoms with Gasteiger partial charge in [-0.1, -0.05) is 89.9 Å². The summed E-state index contributed by atoms with van der Waals surface area (Å²) in [5, 5.41) is 0. The van der Waals surface area contributed by atoms with E-state index in [4.69, 9.17) is 14.2 Å². The summed E-state index contributed by atoms with van der Waals surface area (Å²) in [6.07, 6.45) is 34.7. The molecule has 0 aromatic heterocycles. The first kappa shape index (κ1) is 30.8. The van der Waals surface area contributed by atoms with Crippen LogP contribution in [-0.4, -0.2) is 31.1 Å². The third-order valence-corrected chi connectivity index (χ3v) is 11.9. The molecule has 40 heavy (non-hydrogen) atoms. The molecule has 0 unspecified atom stereocenters. The van der Waals surface area contributed by atoms with Crippen molar-refractivity contribution in [2.24, 2.45) is 29.6 Å². The van der Waals surface area contributed by atoms with E-state index in [1.165, 1.54) is 128 Å². The fourth-order valence-corrected chi connectivity index (χ4v) is 8.98. The van der Waals surface area contributed by atoms with Gasteiger partial charge in [0.05, 0.1) is 18.1 Å². The van der Waals surface area contributed by atoms with E-state index in [9.17, 15) is 4.79 Å². The average Bonchev–Trinajstić information content (AvgIpc) is 3.02. The van der Waals surface area contributed by atoms with Crippen molar-refractivity contribution in [2.45, 2.75) is 185 Å². The molecule has 0 saturated heterocycles. The Kier molecular flexibility index (Phi) is 13.0. The average molecular weight is 559 g/mol. The van der Waals surface area contributed by atoms with Gasteiger partial charge in [0.2, 0.25) is 0 Å². The highest BCUT2D eigenvalue weighted by atomic mass is 16.7. The molecule has 0 N–H and O–H groups in total. The van der Waals surface area contributed by atoms with Gasteiger partial charge in [-0.3, -0.25) is 4.79 Å². The molecule has 5 rings (SSSR count). The monoisotopic (exact) mass is 558 g/mol. The predicted octanol–water partition coefficient (Wildman–Crippen LogP) is 9.92. The van der Waals surface area contributed by atoms with E-state index < -0.39 is 0 Å². The standard InChI is InChI=1S/C36H62O4/c37-36(32-19-15-30(16-20-32)13-11-28-7-3-1-4-8-28)40-35-25-23-34(24-26-35)39-27-38-33-21-17-31(18-22-33)14-12-29-9-5-2-6-10-29/h28-35H,1-27H2. The number of esters is 1. The minimum atomic E-state index is 0.0905. The molecular weight excluding hydrogens is 496 g/mol. The molecule has 0 heterocycles. The van der Waals surface area contributed by atoms with Crippen molar-refractivity contribution in [1.82, 2.24) is 0 Å². The predicted molar refractivity (Wildman–Crippen MR) is 162 cm³/mol. The number of hydrogen-bond acceptors (Lipinski definition) is 4. The van der Waals surface area contributed by atoms with Gasteiger partial charge in [-0.2, -0.15) is 0 Å². The maximum Gasteiger partial charge on any atom is 0.309 e. The molecule has 0 aromatic carbocycles. The largest absolute Gasteiger partial charge is 0.462 e. The van der Waals surface area contributed by atoms with Crippen molar-refractivity contribution in [3.05, 3.63) is 0 Å². The Balaban J connectivity index is 0.867. The van der Waals surface area contributed by atoms with Crippen molar-refractivity contribution < 1.29 is 19.0 Å². The van der Waals surface area contributed by atoms with Gasteiger partial charge in [0, 0.05) is 0 Å². The second kappa shape index (κ2) is 16.9. The van der Waals surface area contributed by atoms with Crippen LogP contribution in [0.2, 0.25) is 0 Å². The van der Waals surface area contributed by atoms with E-state index in [0.717, 1.165) is 62.2 Å². The molecule has 5 saturated carbocycles.